The van der Waals surface area contributed by atoms with Gasteiger partial charge in [-0.3, -0.25) is 0 Å². The van der Waals surface area contributed by atoms with Crippen molar-refractivity contribution in [2.75, 3.05) is 0 Å². The lowest BCUT2D eigenvalue weighted by atomic mass is 10.0. The van der Waals surface area contributed by atoms with E-state index in [9.17, 15) is 9.18 Å². The molecule has 134 valence electrons. The van der Waals surface area contributed by atoms with Crippen LogP contribution in [0.25, 0.3) is 5.76 Å². The smallest absolute Gasteiger partial charge is 0.409 e. The zero-order valence-electron chi connectivity index (χ0n) is 14.3. The van der Waals surface area contributed by atoms with E-state index in [1.807, 2.05) is 60.7 Å². The number of halogens is 1. The summed E-state index contributed by atoms with van der Waals surface area (Å²) in [5.74, 6) is 0.109. The quantitative estimate of drug-likeness (QED) is 0.627. The Labute approximate surface area is 160 Å². The molecule has 3 aromatic rings. The van der Waals surface area contributed by atoms with E-state index in [2.05, 4.69) is 5.32 Å². The summed E-state index contributed by atoms with van der Waals surface area (Å²) in [6, 6.07) is 25.2. The molecule has 0 saturated carbocycles. The molecule has 4 rings (SSSR count). The van der Waals surface area contributed by atoms with E-state index in [-0.39, 0.29) is 11.9 Å². The summed E-state index contributed by atoms with van der Waals surface area (Å²) in [5.41, 5.74) is 1.61. The van der Waals surface area contributed by atoms with Gasteiger partial charge in [0, 0.05) is 10.5 Å². The first kappa shape index (κ1) is 17.4. The molecule has 0 unspecified atom stereocenters. The van der Waals surface area contributed by atoms with Crippen LogP contribution in [0.2, 0.25) is 0 Å². The third kappa shape index (κ3) is 3.88. The Bertz CT molecular complexity index is 972. The van der Waals surface area contributed by atoms with E-state index in [1.165, 1.54) is 23.9 Å². The second kappa shape index (κ2) is 7.68. The fourth-order valence-electron chi connectivity index (χ4n) is 2.89. The average Bonchev–Trinajstić information content (AvgIpc) is 2.71. The number of thioether (sulfide) groups is 1. The van der Waals surface area contributed by atoms with Crippen molar-refractivity contribution in [2.45, 2.75) is 10.9 Å². The minimum atomic E-state index is -0.527. The molecule has 0 bridgehead atoms. The van der Waals surface area contributed by atoms with E-state index in [4.69, 9.17) is 4.74 Å². The molecule has 27 heavy (non-hydrogen) atoms. The number of hydrogen-bond acceptors (Lipinski definition) is 3. The minimum Gasteiger partial charge on any atom is -0.409 e. The number of nitrogens with one attached hydrogen (secondary N) is 1. The van der Waals surface area contributed by atoms with Gasteiger partial charge in [-0.05, 0) is 42.0 Å². The monoisotopic (exact) mass is 377 g/mol. The first-order valence-electron chi connectivity index (χ1n) is 8.47. The number of carbonyl (C=O) groups is 1. The molecular weight excluding hydrogens is 361 g/mol. The van der Waals surface area contributed by atoms with Gasteiger partial charge in [-0.2, -0.15) is 0 Å². The van der Waals surface area contributed by atoms with Gasteiger partial charge in [-0.1, -0.05) is 60.3 Å². The molecule has 3 nitrogen and oxygen atoms in total. The van der Waals surface area contributed by atoms with Crippen molar-refractivity contribution >= 4 is 23.6 Å². The minimum absolute atomic E-state index is 0.337. The Morgan fingerprint density at radius 2 is 1.48 bits per heavy atom. The predicted octanol–water partition coefficient (Wildman–Crippen LogP) is 5.77. The summed E-state index contributed by atoms with van der Waals surface area (Å²) in [5, 5.41) is 2.90. The number of carbonyl (C=O) groups excluding carboxylic acids is 1. The van der Waals surface area contributed by atoms with Gasteiger partial charge in [0.25, 0.3) is 0 Å². The number of alkyl carbamates (subject to hydrolysis) is 1. The largest absolute Gasteiger partial charge is 0.413 e. The average molecular weight is 377 g/mol. The molecule has 1 atom stereocenters. The third-order valence-corrected chi connectivity index (χ3v) is 5.30. The molecule has 0 spiro atoms. The second-order valence-corrected chi connectivity index (χ2v) is 7.11. The van der Waals surface area contributed by atoms with E-state index in [0.717, 1.165) is 15.4 Å². The van der Waals surface area contributed by atoms with Crippen LogP contribution in [0, 0.1) is 5.82 Å². The Balaban J connectivity index is 1.85. The van der Waals surface area contributed by atoms with Crippen molar-refractivity contribution in [3.63, 3.8) is 0 Å². The molecule has 0 radical (unpaired) electrons. The first-order chi connectivity index (χ1) is 13.2. The fraction of sp³-hybridized carbons (Fsp3) is 0.0455. The first-order valence-corrected chi connectivity index (χ1v) is 9.28. The Morgan fingerprint density at radius 3 is 2.15 bits per heavy atom. The topological polar surface area (TPSA) is 38.3 Å². The molecule has 0 aliphatic carbocycles. The van der Waals surface area contributed by atoms with Gasteiger partial charge in [0.05, 0.1) is 10.9 Å². The molecule has 1 heterocycles. The predicted molar refractivity (Wildman–Crippen MR) is 104 cm³/mol. The normalized spacial score (nSPS) is 16.6. The highest BCUT2D eigenvalue weighted by Crippen LogP contribution is 2.43. The van der Waals surface area contributed by atoms with Gasteiger partial charge in [-0.25, -0.2) is 9.18 Å². The van der Waals surface area contributed by atoms with Gasteiger partial charge < -0.3 is 10.1 Å². The van der Waals surface area contributed by atoms with Crippen molar-refractivity contribution in [1.82, 2.24) is 5.32 Å². The molecule has 0 saturated heterocycles. The van der Waals surface area contributed by atoms with Crippen molar-refractivity contribution in [3.05, 3.63) is 107 Å². The molecule has 1 aliphatic rings. The van der Waals surface area contributed by atoms with E-state index in [0.29, 0.717) is 11.3 Å². The SMILES string of the molecule is O=C1N[C@@H](c2ccccc2)C(Sc2ccccc2)=C(c2ccc(F)cc2)O1. The molecule has 0 fully saturated rings. The second-order valence-electron chi connectivity index (χ2n) is 5.99. The zero-order valence-corrected chi connectivity index (χ0v) is 15.1. The Kier molecular flexibility index (Phi) is 4.94. The van der Waals surface area contributed by atoms with E-state index in [1.54, 1.807) is 12.1 Å². The maximum Gasteiger partial charge on any atom is 0.413 e. The number of benzene rings is 3. The number of cyclic esters (lactones) is 1. The summed E-state index contributed by atoms with van der Waals surface area (Å²) in [6.07, 6.45) is -0.527. The maximum atomic E-state index is 13.4. The van der Waals surface area contributed by atoms with Crippen LogP contribution in [0.3, 0.4) is 0 Å². The van der Waals surface area contributed by atoms with Crippen LogP contribution in [0.15, 0.2) is 94.7 Å². The lowest BCUT2D eigenvalue weighted by molar-refractivity contribution is 0.184. The molecule has 5 heteroatoms. The van der Waals surface area contributed by atoms with Gasteiger partial charge in [0.15, 0.2) is 5.76 Å². The van der Waals surface area contributed by atoms with Crippen LogP contribution < -0.4 is 5.32 Å². The maximum absolute atomic E-state index is 13.4. The molecule has 1 aliphatic heterocycles. The van der Waals surface area contributed by atoms with Gasteiger partial charge >= 0.3 is 6.09 Å². The van der Waals surface area contributed by atoms with E-state index < -0.39 is 6.09 Å². The summed E-state index contributed by atoms with van der Waals surface area (Å²) in [7, 11) is 0. The molecule has 1 amide bonds. The highest BCUT2D eigenvalue weighted by molar-refractivity contribution is 8.03. The molecule has 1 N–H and O–H groups in total. The summed E-state index contributed by atoms with van der Waals surface area (Å²) >= 11 is 1.52. The summed E-state index contributed by atoms with van der Waals surface area (Å²) in [6.45, 7) is 0. The van der Waals surface area contributed by atoms with Crippen LogP contribution in [0.5, 0.6) is 0 Å². The number of amides is 1. The van der Waals surface area contributed by atoms with E-state index >= 15 is 0 Å². The van der Waals surface area contributed by atoms with Crippen LogP contribution in [0.4, 0.5) is 9.18 Å². The summed E-state index contributed by atoms with van der Waals surface area (Å²) < 4.78 is 18.9. The third-order valence-electron chi connectivity index (χ3n) is 4.15. The van der Waals surface area contributed by atoms with Crippen molar-refractivity contribution < 1.29 is 13.9 Å². The summed E-state index contributed by atoms with van der Waals surface area (Å²) in [4.78, 5) is 14.1. The van der Waals surface area contributed by atoms with Crippen molar-refractivity contribution in [1.29, 1.82) is 0 Å². The van der Waals surface area contributed by atoms with Crippen LogP contribution in [0.1, 0.15) is 17.2 Å². The van der Waals surface area contributed by atoms with Crippen LogP contribution in [-0.4, -0.2) is 6.09 Å². The van der Waals surface area contributed by atoms with Gasteiger partial charge in [0.1, 0.15) is 5.82 Å². The Morgan fingerprint density at radius 1 is 0.852 bits per heavy atom. The zero-order chi connectivity index (χ0) is 18.6. The highest BCUT2D eigenvalue weighted by Gasteiger charge is 2.31. The number of hydrogen-bond donors (Lipinski definition) is 1. The van der Waals surface area contributed by atoms with Gasteiger partial charge in [-0.15, -0.1) is 0 Å². The standard InChI is InChI=1S/C22H16FNO2S/c23-17-13-11-16(12-14-17)20-21(27-18-9-5-2-6-10-18)19(24-22(25)26-20)15-7-3-1-4-8-15/h1-14,19H,(H,24,25)/t19-/m0/s1. The van der Waals surface area contributed by atoms with Crippen LogP contribution >= 0.6 is 11.8 Å². The highest BCUT2D eigenvalue weighted by atomic mass is 32.2. The number of ether oxygens (including phenoxy) is 1. The number of rotatable bonds is 4. The fourth-order valence-corrected chi connectivity index (χ4v) is 4.00. The Hall–Kier alpha value is -3.05. The lowest BCUT2D eigenvalue weighted by Gasteiger charge is -2.29. The molecular formula is C22H16FNO2S. The van der Waals surface area contributed by atoms with Crippen LogP contribution in [-0.2, 0) is 4.74 Å². The van der Waals surface area contributed by atoms with Crippen molar-refractivity contribution in [2.24, 2.45) is 0 Å². The lowest BCUT2D eigenvalue weighted by Crippen LogP contribution is -2.34. The molecule has 0 aromatic heterocycles. The van der Waals surface area contributed by atoms with Crippen molar-refractivity contribution in [3.8, 4) is 0 Å². The van der Waals surface area contributed by atoms with Gasteiger partial charge in [0.2, 0.25) is 0 Å². The molecule has 3 aromatic carbocycles.